The minimum Gasteiger partial charge on any atom is -0.399 e. The van der Waals surface area contributed by atoms with Crippen LogP contribution >= 0.6 is 11.3 Å². The molecule has 0 spiro atoms. The smallest absolute Gasteiger partial charge is 0.254 e. The highest BCUT2D eigenvalue weighted by atomic mass is 32.1. The second-order valence-corrected chi connectivity index (χ2v) is 10.8. The number of hydrogen-bond donors (Lipinski definition) is 2. The first kappa shape index (κ1) is 23.8. The number of carbonyl (C=O) groups excluding carboxylic acids is 1. The molecule has 3 N–H and O–H groups in total. The van der Waals surface area contributed by atoms with E-state index in [1.807, 2.05) is 29.3 Å². The van der Waals surface area contributed by atoms with E-state index in [2.05, 4.69) is 27.2 Å². The van der Waals surface area contributed by atoms with Crippen LogP contribution < -0.4 is 10.6 Å². The van der Waals surface area contributed by atoms with Gasteiger partial charge in [-0.15, -0.1) is 11.3 Å². The number of morpholine rings is 1. The summed E-state index contributed by atoms with van der Waals surface area (Å²) in [6.45, 7) is 4.18. The van der Waals surface area contributed by atoms with Gasteiger partial charge in [-0.2, -0.15) is 5.10 Å². The molecule has 7 rings (SSSR count). The standard InChI is InChI=1S/C29H27N7O2S/c30-20-6-4-19(5-7-20)29(37)36-10-8-18(9-11-36)25-16-24-26(39-25)28(35-12-14-38-15-13-35)33-27(32-24)21-2-1-3-23-22(21)17-31-34-23/h1-8,16-17H,9-15,30H2,(H,31,34). The van der Waals surface area contributed by atoms with Crippen molar-refractivity contribution in [3.8, 4) is 11.4 Å². The summed E-state index contributed by atoms with van der Waals surface area (Å²) in [5.41, 5.74) is 11.2. The molecule has 1 amide bonds. The number of aromatic amines is 1. The molecule has 0 saturated carbocycles. The Labute approximate surface area is 228 Å². The number of nitrogens with two attached hydrogens (primary N) is 1. The van der Waals surface area contributed by atoms with Crippen molar-refractivity contribution in [2.75, 3.05) is 50.0 Å². The molecule has 9 nitrogen and oxygen atoms in total. The fraction of sp³-hybridized carbons (Fsp3) is 0.241. The maximum atomic E-state index is 13.0. The summed E-state index contributed by atoms with van der Waals surface area (Å²) >= 11 is 1.73. The molecule has 10 heteroatoms. The van der Waals surface area contributed by atoms with Gasteiger partial charge in [0.15, 0.2) is 11.6 Å². The molecular weight excluding hydrogens is 510 g/mol. The molecule has 0 aliphatic carbocycles. The van der Waals surface area contributed by atoms with Crippen molar-refractivity contribution in [1.29, 1.82) is 0 Å². The van der Waals surface area contributed by atoms with Crippen molar-refractivity contribution in [1.82, 2.24) is 25.1 Å². The van der Waals surface area contributed by atoms with Crippen LogP contribution in [-0.2, 0) is 4.74 Å². The van der Waals surface area contributed by atoms with E-state index in [9.17, 15) is 4.79 Å². The second-order valence-electron chi connectivity index (χ2n) is 9.78. The normalized spacial score (nSPS) is 16.2. The molecule has 0 unspecified atom stereocenters. The quantitative estimate of drug-likeness (QED) is 0.323. The molecule has 2 aromatic carbocycles. The van der Waals surface area contributed by atoms with Gasteiger partial charge in [-0.3, -0.25) is 9.89 Å². The van der Waals surface area contributed by atoms with Gasteiger partial charge in [0, 0.05) is 53.3 Å². The molecule has 0 bridgehead atoms. The van der Waals surface area contributed by atoms with Crippen LogP contribution in [0.25, 0.3) is 38.1 Å². The monoisotopic (exact) mass is 537 g/mol. The summed E-state index contributed by atoms with van der Waals surface area (Å²) in [6.07, 6.45) is 4.78. The summed E-state index contributed by atoms with van der Waals surface area (Å²) in [4.78, 5) is 28.5. The average molecular weight is 538 g/mol. The molecular formula is C29H27N7O2S. The number of hydrogen-bond acceptors (Lipinski definition) is 8. The number of carbonyl (C=O) groups is 1. The molecule has 5 heterocycles. The second kappa shape index (κ2) is 9.79. The zero-order valence-corrected chi connectivity index (χ0v) is 22.1. The molecule has 196 valence electrons. The third-order valence-electron chi connectivity index (χ3n) is 7.36. The number of fused-ring (bicyclic) bond motifs is 2. The van der Waals surface area contributed by atoms with Gasteiger partial charge in [-0.1, -0.05) is 18.2 Å². The molecule has 0 radical (unpaired) electrons. The minimum absolute atomic E-state index is 0.0279. The molecule has 1 fully saturated rings. The first-order valence-corrected chi connectivity index (χ1v) is 13.9. The Hall–Kier alpha value is -4.28. The topological polar surface area (TPSA) is 113 Å². The van der Waals surface area contributed by atoms with Crippen LogP contribution in [0.1, 0.15) is 21.7 Å². The number of amides is 1. The van der Waals surface area contributed by atoms with Crippen molar-refractivity contribution in [2.45, 2.75) is 6.42 Å². The molecule has 2 aliphatic heterocycles. The van der Waals surface area contributed by atoms with Gasteiger partial charge < -0.3 is 20.3 Å². The van der Waals surface area contributed by atoms with Crippen LogP contribution in [0.3, 0.4) is 0 Å². The lowest BCUT2D eigenvalue weighted by Crippen LogP contribution is -2.36. The predicted octanol–water partition coefficient (Wildman–Crippen LogP) is 4.58. The average Bonchev–Trinajstić information content (AvgIpc) is 3.65. The molecule has 1 saturated heterocycles. The van der Waals surface area contributed by atoms with Crippen LogP contribution in [0.15, 0.2) is 60.8 Å². The first-order chi connectivity index (χ1) is 19.1. The summed E-state index contributed by atoms with van der Waals surface area (Å²) in [7, 11) is 0. The lowest BCUT2D eigenvalue weighted by Gasteiger charge is -2.28. The molecule has 2 aliphatic rings. The Morgan fingerprint density at radius 2 is 1.90 bits per heavy atom. The van der Waals surface area contributed by atoms with Gasteiger partial charge >= 0.3 is 0 Å². The number of rotatable bonds is 4. The Morgan fingerprint density at radius 3 is 2.69 bits per heavy atom. The largest absolute Gasteiger partial charge is 0.399 e. The van der Waals surface area contributed by atoms with Crippen molar-refractivity contribution < 1.29 is 9.53 Å². The van der Waals surface area contributed by atoms with Crippen molar-refractivity contribution in [2.24, 2.45) is 0 Å². The number of H-pyrrole nitrogens is 1. The number of nitrogen functional groups attached to an aromatic ring is 1. The van der Waals surface area contributed by atoms with E-state index in [0.29, 0.717) is 43.4 Å². The van der Waals surface area contributed by atoms with E-state index in [4.69, 9.17) is 20.4 Å². The lowest BCUT2D eigenvalue weighted by atomic mass is 10.1. The number of aromatic nitrogens is 4. The highest BCUT2D eigenvalue weighted by Crippen LogP contribution is 2.39. The van der Waals surface area contributed by atoms with E-state index in [-0.39, 0.29) is 5.91 Å². The van der Waals surface area contributed by atoms with Gasteiger partial charge in [0.2, 0.25) is 0 Å². The SMILES string of the molecule is Nc1ccc(C(=O)N2CC=C(c3cc4nc(-c5cccc6[nH]ncc56)nc(N5CCOCC5)c4s3)CC2)cc1. The van der Waals surface area contributed by atoms with Crippen molar-refractivity contribution in [3.63, 3.8) is 0 Å². The minimum atomic E-state index is 0.0279. The molecule has 39 heavy (non-hydrogen) atoms. The summed E-state index contributed by atoms with van der Waals surface area (Å²) in [5, 5.41) is 8.27. The van der Waals surface area contributed by atoms with Crippen LogP contribution in [0.5, 0.6) is 0 Å². The van der Waals surface area contributed by atoms with E-state index in [0.717, 1.165) is 52.0 Å². The Bertz CT molecular complexity index is 1720. The van der Waals surface area contributed by atoms with E-state index in [1.54, 1.807) is 35.6 Å². The third-order valence-corrected chi connectivity index (χ3v) is 8.56. The summed E-state index contributed by atoms with van der Waals surface area (Å²) in [5.74, 6) is 1.67. The third kappa shape index (κ3) is 4.41. The van der Waals surface area contributed by atoms with E-state index < -0.39 is 0 Å². The number of nitrogens with zero attached hydrogens (tertiary/aromatic N) is 5. The summed E-state index contributed by atoms with van der Waals surface area (Å²) in [6, 6.07) is 15.3. The molecule has 5 aromatic rings. The number of anilines is 2. The van der Waals surface area contributed by atoms with Crippen LogP contribution in [-0.4, -0.2) is 70.4 Å². The zero-order valence-electron chi connectivity index (χ0n) is 21.3. The maximum Gasteiger partial charge on any atom is 0.254 e. The fourth-order valence-corrected chi connectivity index (χ4v) is 6.41. The van der Waals surface area contributed by atoms with Gasteiger partial charge in [-0.05, 0) is 48.4 Å². The van der Waals surface area contributed by atoms with E-state index >= 15 is 0 Å². The Morgan fingerprint density at radius 1 is 1.05 bits per heavy atom. The van der Waals surface area contributed by atoms with E-state index in [1.165, 1.54) is 10.5 Å². The maximum absolute atomic E-state index is 13.0. The highest BCUT2D eigenvalue weighted by molar-refractivity contribution is 7.20. The molecule has 0 atom stereocenters. The number of thiophene rings is 1. The van der Waals surface area contributed by atoms with Crippen molar-refractivity contribution in [3.05, 3.63) is 71.2 Å². The fourth-order valence-electron chi connectivity index (χ4n) is 5.23. The van der Waals surface area contributed by atoms with Gasteiger partial charge in [0.05, 0.1) is 35.1 Å². The van der Waals surface area contributed by atoms with Gasteiger partial charge in [0.1, 0.15) is 0 Å². The molecule has 3 aromatic heterocycles. The Kier molecular flexibility index (Phi) is 5.98. The van der Waals surface area contributed by atoms with Gasteiger partial charge in [0.25, 0.3) is 5.91 Å². The first-order valence-electron chi connectivity index (χ1n) is 13.0. The number of benzene rings is 2. The predicted molar refractivity (Wildman–Crippen MR) is 155 cm³/mol. The number of nitrogens with one attached hydrogen (secondary N) is 1. The van der Waals surface area contributed by atoms with Crippen LogP contribution in [0, 0.1) is 0 Å². The van der Waals surface area contributed by atoms with Gasteiger partial charge in [-0.25, -0.2) is 9.97 Å². The zero-order chi connectivity index (χ0) is 26.3. The van der Waals surface area contributed by atoms with Crippen LogP contribution in [0.2, 0.25) is 0 Å². The Balaban J connectivity index is 1.24. The summed E-state index contributed by atoms with van der Waals surface area (Å²) < 4.78 is 6.70. The lowest BCUT2D eigenvalue weighted by molar-refractivity contribution is 0.0773. The number of ether oxygens (including phenoxy) is 1. The van der Waals surface area contributed by atoms with Crippen molar-refractivity contribution >= 4 is 55.4 Å². The van der Waals surface area contributed by atoms with Crippen LogP contribution in [0.4, 0.5) is 11.5 Å². The highest BCUT2D eigenvalue weighted by Gasteiger charge is 2.24.